The maximum absolute atomic E-state index is 12.6. The monoisotopic (exact) mass is 341 g/mol. The Hall–Kier alpha value is -1.57. The predicted octanol–water partition coefficient (Wildman–Crippen LogP) is 2.98. The summed E-state index contributed by atoms with van der Waals surface area (Å²) in [7, 11) is -0.338. The lowest BCUT2D eigenvalue weighted by Crippen LogP contribution is -2.29. The molecule has 0 N–H and O–H groups in total. The van der Waals surface area contributed by atoms with Gasteiger partial charge < -0.3 is 9.47 Å². The van der Waals surface area contributed by atoms with E-state index >= 15 is 0 Å². The third kappa shape index (κ3) is 3.43. The fourth-order valence-electron chi connectivity index (χ4n) is 2.09. The van der Waals surface area contributed by atoms with Gasteiger partial charge in [0.2, 0.25) is 0 Å². The molecule has 120 valence electrons. The standard InChI is InChI=1S/C15H19NO4S2/c1-4-16(22(17,18)15-6-5-9-21-15)11-12-7-8-13(19-2)14(10-12)20-3/h5-10H,4,11H2,1-3H3. The van der Waals surface area contributed by atoms with Crippen molar-refractivity contribution < 1.29 is 17.9 Å². The molecule has 0 aliphatic rings. The van der Waals surface area contributed by atoms with Crippen molar-refractivity contribution in [2.75, 3.05) is 20.8 Å². The van der Waals surface area contributed by atoms with Gasteiger partial charge in [-0.2, -0.15) is 4.31 Å². The van der Waals surface area contributed by atoms with Crippen molar-refractivity contribution in [1.82, 2.24) is 4.31 Å². The van der Waals surface area contributed by atoms with Crippen molar-refractivity contribution in [3.63, 3.8) is 0 Å². The SMILES string of the molecule is CCN(Cc1ccc(OC)c(OC)c1)S(=O)(=O)c1cccs1. The highest BCUT2D eigenvalue weighted by Gasteiger charge is 2.24. The largest absolute Gasteiger partial charge is 0.493 e. The van der Waals surface area contributed by atoms with Crippen LogP contribution in [0.4, 0.5) is 0 Å². The lowest BCUT2D eigenvalue weighted by atomic mass is 10.2. The molecule has 0 unspecified atom stereocenters. The predicted molar refractivity (Wildman–Crippen MR) is 87.1 cm³/mol. The van der Waals surface area contributed by atoms with Crippen LogP contribution >= 0.6 is 11.3 Å². The van der Waals surface area contributed by atoms with Crippen molar-refractivity contribution in [2.45, 2.75) is 17.7 Å². The summed E-state index contributed by atoms with van der Waals surface area (Å²) in [5.41, 5.74) is 0.847. The van der Waals surface area contributed by atoms with E-state index in [0.717, 1.165) is 5.56 Å². The Labute approximate surface area is 135 Å². The van der Waals surface area contributed by atoms with E-state index in [2.05, 4.69) is 0 Å². The fourth-order valence-corrected chi connectivity index (χ4v) is 4.67. The Kier molecular flexibility index (Phi) is 5.44. The molecule has 1 aromatic carbocycles. The molecule has 0 aliphatic carbocycles. The second-order valence-electron chi connectivity index (χ2n) is 4.55. The van der Waals surface area contributed by atoms with Gasteiger partial charge in [-0.05, 0) is 29.1 Å². The molecule has 0 amide bonds. The summed E-state index contributed by atoms with van der Waals surface area (Å²) >= 11 is 1.22. The van der Waals surface area contributed by atoms with Crippen molar-refractivity contribution in [3.05, 3.63) is 41.3 Å². The highest BCUT2D eigenvalue weighted by atomic mass is 32.2. The number of hydrogen-bond donors (Lipinski definition) is 0. The minimum atomic E-state index is -3.46. The van der Waals surface area contributed by atoms with Gasteiger partial charge in [-0.3, -0.25) is 0 Å². The quantitative estimate of drug-likeness (QED) is 0.777. The Morgan fingerprint density at radius 1 is 1.14 bits per heavy atom. The van der Waals surface area contributed by atoms with Crippen LogP contribution < -0.4 is 9.47 Å². The lowest BCUT2D eigenvalue weighted by molar-refractivity contribution is 0.353. The molecule has 0 atom stereocenters. The third-order valence-electron chi connectivity index (χ3n) is 3.25. The third-order valence-corrected chi connectivity index (χ3v) is 6.54. The molecule has 0 saturated carbocycles. The first-order chi connectivity index (χ1) is 10.5. The van der Waals surface area contributed by atoms with Crippen molar-refractivity contribution in [1.29, 1.82) is 0 Å². The van der Waals surface area contributed by atoms with Gasteiger partial charge in [0.1, 0.15) is 4.21 Å². The van der Waals surface area contributed by atoms with Crippen LogP contribution in [0.5, 0.6) is 11.5 Å². The van der Waals surface area contributed by atoms with Gasteiger partial charge >= 0.3 is 0 Å². The zero-order valence-electron chi connectivity index (χ0n) is 12.8. The molecule has 0 saturated heterocycles. The Morgan fingerprint density at radius 2 is 1.86 bits per heavy atom. The van der Waals surface area contributed by atoms with Crippen LogP contribution in [-0.4, -0.2) is 33.5 Å². The summed E-state index contributed by atoms with van der Waals surface area (Å²) in [5.74, 6) is 1.21. The fraction of sp³-hybridized carbons (Fsp3) is 0.333. The van der Waals surface area contributed by atoms with E-state index in [1.54, 1.807) is 43.9 Å². The van der Waals surface area contributed by atoms with E-state index in [1.165, 1.54) is 15.6 Å². The summed E-state index contributed by atoms with van der Waals surface area (Å²) in [6.07, 6.45) is 0. The molecule has 1 heterocycles. The van der Waals surface area contributed by atoms with Gasteiger partial charge in [-0.1, -0.05) is 19.1 Å². The maximum Gasteiger partial charge on any atom is 0.252 e. The normalized spacial score (nSPS) is 11.6. The average Bonchev–Trinajstić information content (AvgIpc) is 3.07. The smallest absolute Gasteiger partial charge is 0.252 e. The number of thiophene rings is 1. The molecular weight excluding hydrogens is 322 g/mol. The number of ether oxygens (including phenoxy) is 2. The van der Waals surface area contributed by atoms with Gasteiger partial charge in [0, 0.05) is 13.1 Å². The lowest BCUT2D eigenvalue weighted by Gasteiger charge is -2.20. The highest BCUT2D eigenvalue weighted by Crippen LogP contribution is 2.29. The average molecular weight is 341 g/mol. The van der Waals surface area contributed by atoms with Gasteiger partial charge in [0.25, 0.3) is 10.0 Å². The van der Waals surface area contributed by atoms with E-state index < -0.39 is 10.0 Å². The van der Waals surface area contributed by atoms with Gasteiger partial charge in [-0.15, -0.1) is 11.3 Å². The first-order valence-electron chi connectivity index (χ1n) is 6.77. The molecule has 2 aromatic rings. The highest BCUT2D eigenvalue weighted by molar-refractivity contribution is 7.91. The molecule has 1 aromatic heterocycles. The Bertz CT molecular complexity index is 711. The number of sulfonamides is 1. The minimum absolute atomic E-state index is 0.289. The minimum Gasteiger partial charge on any atom is -0.493 e. The molecule has 2 rings (SSSR count). The molecular formula is C15H19NO4S2. The van der Waals surface area contributed by atoms with E-state index in [0.29, 0.717) is 22.3 Å². The summed E-state index contributed by atoms with van der Waals surface area (Å²) in [5, 5.41) is 1.76. The van der Waals surface area contributed by atoms with E-state index in [1.807, 2.05) is 13.0 Å². The van der Waals surface area contributed by atoms with E-state index in [-0.39, 0.29) is 6.54 Å². The van der Waals surface area contributed by atoms with Crippen LogP contribution in [0.25, 0.3) is 0 Å². The topological polar surface area (TPSA) is 55.8 Å². The molecule has 0 fully saturated rings. The van der Waals surface area contributed by atoms with Gasteiger partial charge in [-0.25, -0.2) is 8.42 Å². The van der Waals surface area contributed by atoms with Gasteiger partial charge in [0.05, 0.1) is 14.2 Å². The first-order valence-corrected chi connectivity index (χ1v) is 9.09. The van der Waals surface area contributed by atoms with Crippen molar-refractivity contribution >= 4 is 21.4 Å². The van der Waals surface area contributed by atoms with Crippen LogP contribution in [0, 0.1) is 0 Å². The van der Waals surface area contributed by atoms with Crippen LogP contribution in [0.3, 0.4) is 0 Å². The molecule has 0 radical (unpaired) electrons. The van der Waals surface area contributed by atoms with E-state index in [9.17, 15) is 8.42 Å². The number of methoxy groups -OCH3 is 2. The zero-order valence-corrected chi connectivity index (χ0v) is 14.4. The number of nitrogens with zero attached hydrogens (tertiary/aromatic N) is 1. The van der Waals surface area contributed by atoms with Crippen LogP contribution in [0.2, 0.25) is 0 Å². The number of benzene rings is 1. The summed E-state index contributed by atoms with van der Waals surface area (Å²) in [4.78, 5) is 0. The van der Waals surface area contributed by atoms with Crippen molar-refractivity contribution in [3.8, 4) is 11.5 Å². The molecule has 0 spiro atoms. The van der Waals surface area contributed by atoms with Gasteiger partial charge in [0.15, 0.2) is 11.5 Å². The summed E-state index contributed by atoms with van der Waals surface area (Å²) < 4.78 is 37.4. The number of hydrogen-bond acceptors (Lipinski definition) is 5. The second kappa shape index (κ2) is 7.13. The molecule has 22 heavy (non-hydrogen) atoms. The molecule has 0 aliphatic heterocycles. The first kappa shape index (κ1) is 16.8. The van der Waals surface area contributed by atoms with Crippen molar-refractivity contribution in [2.24, 2.45) is 0 Å². The molecule has 5 nitrogen and oxygen atoms in total. The number of rotatable bonds is 7. The molecule has 0 bridgehead atoms. The Balaban J connectivity index is 2.28. The summed E-state index contributed by atoms with van der Waals surface area (Å²) in [6.45, 7) is 2.51. The van der Waals surface area contributed by atoms with Crippen LogP contribution in [0.15, 0.2) is 39.9 Å². The van der Waals surface area contributed by atoms with E-state index in [4.69, 9.17) is 9.47 Å². The molecule has 7 heteroatoms. The van der Waals surface area contributed by atoms with Crippen LogP contribution in [0.1, 0.15) is 12.5 Å². The second-order valence-corrected chi connectivity index (χ2v) is 7.67. The van der Waals surface area contributed by atoms with Crippen LogP contribution in [-0.2, 0) is 16.6 Å². The Morgan fingerprint density at radius 3 is 2.41 bits per heavy atom. The maximum atomic E-state index is 12.6. The summed E-state index contributed by atoms with van der Waals surface area (Å²) in [6, 6.07) is 8.78. The zero-order chi connectivity index (χ0) is 16.2.